The van der Waals surface area contributed by atoms with E-state index in [0.717, 1.165) is 35.7 Å². The lowest BCUT2D eigenvalue weighted by molar-refractivity contribution is 0.0926. The molecule has 1 aliphatic rings. The molecule has 0 atom stereocenters. The fourth-order valence-corrected chi connectivity index (χ4v) is 5.58. The fraction of sp³-hybridized carbons (Fsp3) is 0.368. The predicted octanol–water partition coefficient (Wildman–Crippen LogP) is 3.29. The fourth-order valence-electron chi connectivity index (χ4n) is 3.30. The first-order chi connectivity index (χ1) is 13.1. The number of hydrogen-bond acceptors (Lipinski definition) is 6. The van der Waals surface area contributed by atoms with Gasteiger partial charge in [0.15, 0.2) is 0 Å². The summed E-state index contributed by atoms with van der Waals surface area (Å²) in [6, 6.07) is 5.40. The van der Waals surface area contributed by atoms with E-state index in [-0.39, 0.29) is 23.1 Å². The minimum Gasteiger partial charge on any atom is -0.349 e. The van der Waals surface area contributed by atoms with Crippen molar-refractivity contribution in [1.82, 2.24) is 19.7 Å². The average molecular weight is 401 g/mol. The second kappa shape index (κ2) is 7.82. The molecule has 1 saturated carbocycles. The Kier molecular flexibility index (Phi) is 5.27. The van der Waals surface area contributed by atoms with Gasteiger partial charge in [-0.3, -0.25) is 14.0 Å². The highest BCUT2D eigenvalue weighted by Crippen LogP contribution is 2.35. The van der Waals surface area contributed by atoms with Crippen LogP contribution in [0.2, 0.25) is 0 Å². The van der Waals surface area contributed by atoms with Crippen LogP contribution in [0.3, 0.4) is 0 Å². The molecule has 0 radical (unpaired) electrons. The molecular weight excluding hydrogens is 380 g/mol. The van der Waals surface area contributed by atoms with Crippen molar-refractivity contribution in [2.45, 2.75) is 48.2 Å². The molecule has 1 N–H and O–H groups in total. The van der Waals surface area contributed by atoms with Crippen LogP contribution in [0.25, 0.3) is 5.65 Å². The lowest BCUT2D eigenvalue weighted by Crippen LogP contribution is -2.40. The monoisotopic (exact) mass is 400 g/mol. The number of aromatic nitrogens is 3. The molecule has 140 valence electrons. The number of fused-ring (bicyclic) bond motifs is 1. The van der Waals surface area contributed by atoms with Gasteiger partial charge < -0.3 is 5.32 Å². The molecule has 0 unspecified atom stereocenters. The van der Waals surface area contributed by atoms with E-state index in [0.29, 0.717) is 10.9 Å². The van der Waals surface area contributed by atoms with Gasteiger partial charge in [-0.2, -0.15) is 0 Å². The van der Waals surface area contributed by atoms with Crippen molar-refractivity contribution in [3.8, 4) is 0 Å². The van der Waals surface area contributed by atoms with Gasteiger partial charge in [-0.1, -0.05) is 17.8 Å². The lowest BCUT2D eigenvalue weighted by Gasteiger charge is -2.28. The van der Waals surface area contributed by atoms with Gasteiger partial charge >= 0.3 is 0 Å². The summed E-state index contributed by atoms with van der Waals surface area (Å²) in [6.45, 7) is 2.01. The quantitative estimate of drug-likeness (QED) is 0.727. The van der Waals surface area contributed by atoms with Crippen molar-refractivity contribution in [2.75, 3.05) is 0 Å². The molecule has 1 amide bonds. The highest BCUT2D eigenvalue weighted by atomic mass is 32.2. The van der Waals surface area contributed by atoms with Crippen molar-refractivity contribution in [3.63, 3.8) is 0 Å². The first-order valence-corrected chi connectivity index (χ1v) is 10.7. The Balaban J connectivity index is 1.37. The molecule has 0 saturated heterocycles. The molecule has 1 aliphatic carbocycles. The Morgan fingerprint density at radius 1 is 1.30 bits per heavy atom. The van der Waals surface area contributed by atoms with E-state index in [4.69, 9.17) is 0 Å². The first-order valence-electron chi connectivity index (χ1n) is 8.96. The standard InChI is InChI=1S/C19H20N4O2S2/c1-12-11-26-19(21-12)27-14-7-5-13(6-8-14)22-17(24)15-10-20-16-4-2-3-9-23(16)18(15)25/h2-4,9-11,13-14H,5-8H2,1H3,(H,22,24). The van der Waals surface area contributed by atoms with Gasteiger partial charge in [0, 0.05) is 34.8 Å². The summed E-state index contributed by atoms with van der Waals surface area (Å²) < 4.78 is 2.52. The van der Waals surface area contributed by atoms with Gasteiger partial charge in [-0.15, -0.1) is 11.3 Å². The van der Waals surface area contributed by atoms with E-state index < -0.39 is 0 Å². The van der Waals surface area contributed by atoms with Gasteiger partial charge in [0.25, 0.3) is 11.5 Å². The van der Waals surface area contributed by atoms with Crippen molar-refractivity contribution < 1.29 is 4.79 Å². The summed E-state index contributed by atoms with van der Waals surface area (Å²) in [7, 11) is 0. The molecule has 3 aromatic rings. The predicted molar refractivity (Wildman–Crippen MR) is 108 cm³/mol. The third kappa shape index (κ3) is 4.06. The maximum atomic E-state index is 12.6. The molecule has 4 rings (SSSR count). The Labute approximate surface area is 165 Å². The minimum atomic E-state index is -0.336. The highest BCUT2D eigenvalue weighted by molar-refractivity contribution is 8.01. The molecule has 3 heterocycles. The Morgan fingerprint density at radius 3 is 2.85 bits per heavy atom. The van der Waals surface area contributed by atoms with Crippen molar-refractivity contribution in [2.24, 2.45) is 0 Å². The molecule has 0 bridgehead atoms. The molecule has 27 heavy (non-hydrogen) atoms. The van der Waals surface area contributed by atoms with E-state index in [1.165, 1.54) is 10.6 Å². The van der Waals surface area contributed by atoms with E-state index >= 15 is 0 Å². The van der Waals surface area contributed by atoms with E-state index in [1.54, 1.807) is 29.7 Å². The number of nitrogens with zero attached hydrogens (tertiary/aromatic N) is 3. The van der Waals surface area contributed by atoms with Crippen LogP contribution in [0.1, 0.15) is 41.7 Å². The molecule has 0 aromatic carbocycles. The van der Waals surface area contributed by atoms with Crippen molar-refractivity contribution in [1.29, 1.82) is 0 Å². The molecule has 3 aromatic heterocycles. The van der Waals surface area contributed by atoms with Crippen molar-refractivity contribution in [3.05, 3.63) is 57.6 Å². The molecule has 0 aliphatic heterocycles. The maximum Gasteiger partial charge on any atom is 0.270 e. The van der Waals surface area contributed by atoms with Crippen LogP contribution in [-0.4, -0.2) is 31.6 Å². The van der Waals surface area contributed by atoms with Gasteiger partial charge in [-0.25, -0.2) is 9.97 Å². The largest absolute Gasteiger partial charge is 0.349 e. The number of rotatable bonds is 4. The molecular formula is C19H20N4O2S2. The smallest absolute Gasteiger partial charge is 0.270 e. The van der Waals surface area contributed by atoms with Gasteiger partial charge in [0.2, 0.25) is 0 Å². The number of thioether (sulfide) groups is 1. The number of carbonyl (C=O) groups excluding carboxylic acids is 1. The number of pyridine rings is 1. The highest BCUT2D eigenvalue weighted by Gasteiger charge is 2.25. The number of amides is 1. The Bertz CT molecular complexity index is 1020. The van der Waals surface area contributed by atoms with Crippen molar-refractivity contribution >= 4 is 34.7 Å². The van der Waals surface area contributed by atoms with Crippen LogP contribution in [0, 0.1) is 6.92 Å². The molecule has 6 nitrogen and oxygen atoms in total. The number of aryl methyl sites for hydroxylation is 1. The summed E-state index contributed by atoms with van der Waals surface area (Å²) in [5.41, 5.74) is 1.36. The van der Waals surface area contributed by atoms with Crippen LogP contribution in [0.5, 0.6) is 0 Å². The van der Waals surface area contributed by atoms with Crippen LogP contribution in [0.4, 0.5) is 0 Å². The van der Waals surface area contributed by atoms with Gasteiger partial charge in [-0.05, 0) is 44.7 Å². The Morgan fingerprint density at radius 2 is 2.11 bits per heavy atom. The van der Waals surface area contributed by atoms with Crippen LogP contribution in [-0.2, 0) is 0 Å². The molecule has 0 spiro atoms. The van der Waals surface area contributed by atoms with Gasteiger partial charge in [0.1, 0.15) is 15.6 Å². The van der Waals surface area contributed by atoms with Gasteiger partial charge in [0.05, 0.1) is 0 Å². The number of nitrogens with one attached hydrogen (secondary N) is 1. The number of hydrogen-bond donors (Lipinski definition) is 1. The topological polar surface area (TPSA) is 76.4 Å². The summed E-state index contributed by atoms with van der Waals surface area (Å²) in [6.07, 6.45) is 6.89. The molecule has 8 heteroatoms. The summed E-state index contributed by atoms with van der Waals surface area (Å²) in [5, 5.41) is 5.63. The number of thiazole rings is 1. The zero-order valence-corrected chi connectivity index (χ0v) is 16.6. The van der Waals surface area contributed by atoms with E-state index in [1.807, 2.05) is 24.8 Å². The maximum absolute atomic E-state index is 12.6. The molecule has 1 fully saturated rings. The normalized spacial score (nSPS) is 19.9. The SMILES string of the molecule is Cc1csc(SC2CCC(NC(=O)c3cnc4ccccn4c3=O)CC2)n1. The lowest BCUT2D eigenvalue weighted by atomic mass is 9.95. The second-order valence-corrected chi connectivity index (χ2v) is 9.13. The minimum absolute atomic E-state index is 0.0912. The average Bonchev–Trinajstić information content (AvgIpc) is 3.08. The van der Waals surface area contributed by atoms with Crippen LogP contribution < -0.4 is 10.9 Å². The summed E-state index contributed by atoms with van der Waals surface area (Å²) >= 11 is 3.53. The van der Waals surface area contributed by atoms with E-state index in [9.17, 15) is 9.59 Å². The summed E-state index contributed by atoms with van der Waals surface area (Å²) in [5.74, 6) is -0.336. The van der Waals surface area contributed by atoms with Crippen LogP contribution in [0.15, 0.2) is 45.1 Å². The Hall–Kier alpha value is -2.19. The van der Waals surface area contributed by atoms with Crippen LogP contribution >= 0.6 is 23.1 Å². The number of carbonyl (C=O) groups is 1. The van der Waals surface area contributed by atoms with E-state index in [2.05, 4.69) is 20.7 Å². The third-order valence-corrected chi connectivity index (χ3v) is 7.16. The zero-order valence-electron chi connectivity index (χ0n) is 14.9. The summed E-state index contributed by atoms with van der Waals surface area (Å²) in [4.78, 5) is 33.8. The first kappa shape index (κ1) is 18.2. The zero-order chi connectivity index (χ0) is 18.8. The third-order valence-electron chi connectivity index (χ3n) is 4.73. The second-order valence-electron chi connectivity index (χ2n) is 6.73.